The zero-order chi connectivity index (χ0) is 36.8. The van der Waals surface area contributed by atoms with E-state index in [0.717, 1.165) is 42.4 Å². The molecule has 0 aliphatic rings. The van der Waals surface area contributed by atoms with E-state index in [1.165, 1.54) is 28.9 Å². The smallest absolute Gasteiger partial charge is 0.416 e. The van der Waals surface area contributed by atoms with Gasteiger partial charge in [-0.2, -0.15) is 23.3 Å². The van der Waals surface area contributed by atoms with Crippen LogP contribution < -0.4 is 5.56 Å². The lowest BCUT2D eigenvalue weighted by Gasteiger charge is -2.27. The van der Waals surface area contributed by atoms with Crippen LogP contribution in [0.25, 0.3) is 11.1 Å². The summed E-state index contributed by atoms with van der Waals surface area (Å²) in [5.41, 5.74) is 1.24. The van der Waals surface area contributed by atoms with Gasteiger partial charge in [-0.25, -0.2) is 13.5 Å². The molecular formula is C36H40F5N5O4. The first-order valence-electron chi connectivity index (χ1n) is 16.1. The molecule has 1 aromatic heterocycles. The minimum absolute atomic E-state index is 0.0499. The number of carboxylic acid groups (broad SMARTS) is 1. The molecule has 0 radical (unpaired) electrons. The molecule has 0 spiro atoms. The third-order valence-corrected chi connectivity index (χ3v) is 8.09. The first-order valence-corrected chi connectivity index (χ1v) is 16.1. The summed E-state index contributed by atoms with van der Waals surface area (Å²) in [5.74, 6) is -2.03. The average Bonchev–Trinajstić information content (AvgIpc) is 3.10. The molecule has 1 heterocycles. The van der Waals surface area contributed by atoms with Gasteiger partial charge in [-0.15, -0.1) is 0 Å². The van der Waals surface area contributed by atoms with Gasteiger partial charge >= 0.3 is 6.18 Å². The van der Waals surface area contributed by atoms with Crippen LogP contribution in [-0.2, 0) is 48.1 Å². The Morgan fingerprint density at radius 1 is 0.900 bits per heavy atom. The van der Waals surface area contributed by atoms with Crippen LogP contribution in [0.4, 0.5) is 22.0 Å². The quantitative estimate of drug-likeness (QED) is 0.127. The van der Waals surface area contributed by atoms with Crippen LogP contribution in [0, 0.1) is 11.6 Å². The zero-order valence-electron chi connectivity index (χ0n) is 28.1. The second kappa shape index (κ2) is 18.7. The Labute approximate surface area is 287 Å². The number of carbonyl (C=O) groups is 2. The standard InChI is InChI=1S/C35H38F5N5O2.CH2O2/c1-4-30-34(47)41-31(19-16-27-8-7-9-29(36)33(27)37)45(42-30)23-32(46)44(21-20-43(5-2)6-3)22-24-10-12-25(13-11-24)26-14-17-28(18-15-26)35(38,39)40;2-1-3/h7-15,17-18H,4-6,16,19-23H2,1-3H3;1H,(H,2,3). The maximum absolute atomic E-state index is 14.3. The highest BCUT2D eigenvalue weighted by atomic mass is 19.4. The zero-order valence-corrected chi connectivity index (χ0v) is 28.1. The fraction of sp³-hybridized carbons (Fsp3) is 0.361. The van der Waals surface area contributed by atoms with Crippen molar-refractivity contribution in [1.82, 2.24) is 24.6 Å². The van der Waals surface area contributed by atoms with E-state index < -0.39 is 28.9 Å². The highest BCUT2D eigenvalue weighted by Crippen LogP contribution is 2.31. The SMILES string of the molecule is CCc1nn(CC(=O)N(CCN(CC)CC)Cc2ccc(-c3ccc(C(F)(F)F)cc3)cc2)c(CCc2cccc(F)c2F)nc1=O.O=CO. The van der Waals surface area contributed by atoms with E-state index in [9.17, 15) is 31.5 Å². The lowest BCUT2D eigenvalue weighted by atomic mass is 10.0. The maximum atomic E-state index is 14.3. The summed E-state index contributed by atoms with van der Waals surface area (Å²) in [6.45, 7) is 8.22. The lowest BCUT2D eigenvalue weighted by Crippen LogP contribution is -2.41. The summed E-state index contributed by atoms with van der Waals surface area (Å²) in [6.07, 6.45) is -4.00. The summed E-state index contributed by atoms with van der Waals surface area (Å²) < 4.78 is 68.4. The molecule has 4 rings (SSSR count). The third kappa shape index (κ3) is 11.0. The normalized spacial score (nSPS) is 11.2. The first kappa shape index (κ1) is 39.5. The van der Waals surface area contributed by atoms with Gasteiger partial charge in [0.2, 0.25) is 5.91 Å². The van der Waals surface area contributed by atoms with Crippen LogP contribution in [0.5, 0.6) is 0 Å². The maximum Gasteiger partial charge on any atom is 0.416 e. The van der Waals surface area contributed by atoms with Crippen molar-refractivity contribution in [2.24, 2.45) is 0 Å². The number of hydrogen-bond donors (Lipinski definition) is 1. The highest BCUT2D eigenvalue weighted by Gasteiger charge is 2.30. The molecule has 0 fully saturated rings. The van der Waals surface area contributed by atoms with Crippen LogP contribution in [0.1, 0.15) is 49.0 Å². The van der Waals surface area contributed by atoms with E-state index in [0.29, 0.717) is 25.1 Å². The summed E-state index contributed by atoms with van der Waals surface area (Å²) in [5, 5.41) is 11.3. The minimum Gasteiger partial charge on any atom is -0.483 e. The van der Waals surface area contributed by atoms with E-state index >= 15 is 0 Å². The van der Waals surface area contributed by atoms with Crippen LogP contribution in [0.2, 0.25) is 0 Å². The number of benzene rings is 3. The average molecular weight is 702 g/mol. The van der Waals surface area contributed by atoms with Gasteiger partial charge < -0.3 is 14.9 Å². The van der Waals surface area contributed by atoms with Crippen molar-refractivity contribution in [3.05, 3.63) is 117 Å². The van der Waals surface area contributed by atoms with Crippen LogP contribution >= 0.6 is 0 Å². The Kier molecular flexibility index (Phi) is 14.8. The van der Waals surface area contributed by atoms with Crippen molar-refractivity contribution in [2.75, 3.05) is 26.2 Å². The third-order valence-electron chi connectivity index (χ3n) is 8.09. The molecule has 268 valence electrons. The summed E-state index contributed by atoms with van der Waals surface area (Å²) in [6, 6.07) is 16.1. The molecule has 9 nitrogen and oxygen atoms in total. The molecule has 0 aliphatic carbocycles. The number of halogens is 5. The predicted octanol–water partition coefficient (Wildman–Crippen LogP) is 6.02. The van der Waals surface area contributed by atoms with Gasteiger partial charge in [0.05, 0.1) is 5.56 Å². The van der Waals surface area contributed by atoms with Gasteiger partial charge in [0.25, 0.3) is 12.0 Å². The van der Waals surface area contributed by atoms with Gasteiger partial charge in [0, 0.05) is 26.1 Å². The number of rotatable bonds is 14. The number of hydrogen-bond acceptors (Lipinski definition) is 6. The molecule has 14 heteroatoms. The monoisotopic (exact) mass is 701 g/mol. The van der Waals surface area contributed by atoms with Crippen molar-refractivity contribution < 1.29 is 36.6 Å². The topological polar surface area (TPSA) is 109 Å². The van der Waals surface area contributed by atoms with Gasteiger partial charge in [-0.05, 0) is 66.4 Å². The van der Waals surface area contributed by atoms with Crippen molar-refractivity contribution >= 4 is 12.4 Å². The van der Waals surface area contributed by atoms with Crippen LogP contribution in [0.15, 0.2) is 71.5 Å². The molecular weight excluding hydrogens is 661 g/mol. The molecule has 1 amide bonds. The molecule has 3 aromatic carbocycles. The van der Waals surface area contributed by atoms with Crippen LogP contribution in [-0.4, -0.2) is 68.2 Å². The van der Waals surface area contributed by atoms with Crippen LogP contribution in [0.3, 0.4) is 0 Å². The van der Waals surface area contributed by atoms with E-state index in [-0.39, 0.29) is 55.4 Å². The Morgan fingerprint density at radius 2 is 1.50 bits per heavy atom. The number of amides is 1. The molecule has 4 aromatic rings. The second-order valence-corrected chi connectivity index (χ2v) is 11.2. The van der Waals surface area contributed by atoms with E-state index in [1.807, 2.05) is 26.0 Å². The summed E-state index contributed by atoms with van der Waals surface area (Å²) in [4.78, 5) is 42.8. The van der Waals surface area contributed by atoms with Crippen molar-refractivity contribution in [3.8, 4) is 11.1 Å². The van der Waals surface area contributed by atoms with E-state index in [2.05, 4.69) is 15.0 Å². The van der Waals surface area contributed by atoms with Gasteiger partial charge in [-0.3, -0.25) is 14.4 Å². The number of likely N-dealkylation sites (N-methyl/N-ethyl adjacent to an activating group) is 1. The fourth-order valence-corrected chi connectivity index (χ4v) is 5.20. The van der Waals surface area contributed by atoms with Crippen molar-refractivity contribution in [1.29, 1.82) is 0 Å². The molecule has 1 N–H and O–H groups in total. The number of alkyl halides is 3. The molecule has 0 aliphatic heterocycles. The van der Waals surface area contributed by atoms with Gasteiger partial charge in [0.1, 0.15) is 18.1 Å². The Morgan fingerprint density at radius 3 is 2.06 bits per heavy atom. The van der Waals surface area contributed by atoms with Crippen molar-refractivity contribution in [3.63, 3.8) is 0 Å². The van der Waals surface area contributed by atoms with Gasteiger partial charge in [0.15, 0.2) is 11.6 Å². The Balaban J connectivity index is 0.00000217. The second-order valence-electron chi connectivity index (χ2n) is 11.2. The highest BCUT2D eigenvalue weighted by molar-refractivity contribution is 5.76. The first-order chi connectivity index (χ1) is 23.8. The molecule has 0 saturated heterocycles. The predicted molar refractivity (Wildman–Crippen MR) is 178 cm³/mol. The summed E-state index contributed by atoms with van der Waals surface area (Å²) in [7, 11) is 0. The summed E-state index contributed by atoms with van der Waals surface area (Å²) >= 11 is 0. The number of nitrogens with zero attached hydrogens (tertiary/aromatic N) is 5. The molecule has 0 bridgehead atoms. The van der Waals surface area contributed by atoms with E-state index in [4.69, 9.17) is 9.90 Å². The number of aromatic nitrogens is 3. The Bertz CT molecular complexity index is 1760. The Hall–Kier alpha value is -4.98. The largest absolute Gasteiger partial charge is 0.483 e. The van der Waals surface area contributed by atoms with Gasteiger partial charge in [-0.1, -0.05) is 69.3 Å². The van der Waals surface area contributed by atoms with E-state index in [1.54, 1.807) is 24.0 Å². The minimum atomic E-state index is -4.41. The molecule has 50 heavy (non-hydrogen) atoms. The number of carbonyl (C=O) groups excluding carboxylic acids is 1. The van der Waals surface area contributed by atoms with Crippen molar-refractivity contribution in [2.45, 2.75) is 59.3 Å². The molecule has 0 atom stereocenters. The molecule has 0 saturated carbocycles. The molecule has 0 unspecified atom stereocenters. The fourth-order valence-electron chi connectivity index (χ4n) is 5.20. The lowest BCUT2D eigenvalue weighted by molar-refractivity contribution is -0.137. The number of aryl methyl sites for hydroxylation is 3.